The minimum Gasteiger partial charge on any atom is -0.355 e. The van der Waals surface area contributed by atoms with Crippen LogP contribution in [0.5, 0.6) is 0 Å². The van der Waals surface area contributed by atoms with E-state index in [0.29, 0.717) is 36.2 Å². The van der Waals surface area contributed by atoms with Gasteiger partial charge < -0.3 is 31.6 Å². The molecule has 0 fully saturated rings. The van der Waals surface area contributed by atoms with Crippen molar-refractivity contribution in [2.45, 2.75) is 44.3 Å². The van der Waals surface area contributed by atoms with Crippen LogP contribution < -0.4 is 21.7 Å². The number of halogens is 3. The molecule has 2 aromatic carbocycles. The van der Waals surface area contributed by atoms with Crippen LogP contribution in [0, 0.1) is 5.82 Å². The number of nitrogens with two attached hydrogens (primary N) is 1. The standard InChI is InChI=1S/C29H34FN7O4.2ClH/c1-18-27(39)36-25(20-7-3-2-4-8-20)15-37(29(41)24(31)13-21-14-32-17-34-21)16-26(38)33-11-5-6-19-9-10-23(30)22(12-19)28(40)35-18;;/h2-4,7-10,12,14,17-18,24-25H,5-6,11,13,15-16,31H2,1H3,(H,32,34)(H,33,38)(H,35,40)(H,36,39);2*1H/t18-,24+,25-;;/m1../s1. The first-order valence-corrected chi connectivity index (χ1v) is 13.4. The van der Waals surface area contributed by atoms with Crippen molar-refractivity contribution in [2.24, 2.45) is 5.73 Å². The van der Waals surface area contributed by atoms with E-state index in [2.05, 4.69) is 25.9 Å². The van der Waals surface area contributed by atoms with E-state index in [-0.39, 0.29) is 55.8 Å². The number of hydrogen-bond acceptors (Lipinski definition) is 6. The molecule has 0 saturated heterocycles. The number of nitrogens with one attached hydrogen (secondary N) is 4. The molecule has 2 heterocycles. The second kappa shape index (κ2) is 16.6. The van der Waals surface area contributed by atoms with Gasteiger partial charge in [-0.15, -0.1) is 24.8 Å². The predicted octanol–water partition coefficient (Wildman–Crippen LogP) is 1.83. The molecule has 1 aliphatic heterocycles. The molecule has 4 amide bonds. The first-order valence-electron chi connectivity index (χ1n) is 13.4. The fourth-order valence-electron chi connectivity index (χ4n) is 4.62. The Kier molecular flexibility index (Phi) is 13.6. The zero-order valence-corrected chi connectivity index (χ0v) is 25.2. The lowest BCUT2D eigenvalue weighted by molar-refractivity contribution is -0.138. The van der Waals surface area contributed by atoms with Crippen molar-refractivity contribution < 1.29 is 23.6 Å². The lowest BCUT2D eigenvalue weighted by Gasteiger charge is -2.30. The minimum absolute atomic E-state index is 0. The van der Waals surface area contributed by atoms with E-state index in [9.17, 15) is 23.6 Å². The molecule has 0 unspecified atom stereocenters. The maximum Gasteiger partial charge on any atom is 0.254 e. The molecule has 0 aliphatic carbocycles. The van der Waals surface area contributed by atoms with E-state index >= 15 is 0 Å². The number of hydrogen-bond donors (Lipinski definition) is 5. The summed E-state index contributed by atoms with van der Waals surface area (Å²) in [6, 6.07) is 10.4. The number of carbonyl (C=O) groups is 4. The highest BCUT2D eigenvalue weighted by atomic mass is 35.5. The summed E-state index contributed by atoms with van der Waals surface area (Å²) in [4.78, 5) is 60.8. The molecular formula is C29H36Cl2FN7O4. The van der Waals surface area contributed by atoms with Crippen LogP contribution >= 0.6 is 24.8 Å². The monoisotopic (exact) mass is 635 g/mol. The zero-order valence-electron chi connectivity index (χ0n) is 23.5. The summed E-state index contributed by atoms with van der Waals surface area (Å²) in [6.45, 7) is 1.45. The second-order valence-electron chi connectivity index (χ2n) is 10.0. The van der Waals surface area contributed by atoms with Gasteiger partial charge in [-0.25, -0.2) is 9.37 Å². The molecule has 3 atom stereocenters. The highest BCUT2D eigenvalue weighted by molar-refractivity contribution is 5.98. The quantitative estimate of drug-likeness (QED) is 0.294. The first kappa shape index (κ1) is 35.2. The normalized spacial score (nSPS) is 19.0. The fraction of sp³-hybridized carbons (Fsp3) is 0.345. The molecule has 1 aliphatic rings. The van der Waals surface area contributed by atoms with Gasteiger partial charge in [0, 0.05) is 31.4 Å². The van der Waals surface area contributed by atoms with Crippen LogP contribution in [0.2, 0.25) is 0 Å². The maximum atomic E-state index is 14.5. The zero-order chi connectivity index (χ0) is 29.4. The van der Waals surface area contributed by atoms with Crippen molar-refractivity contribution >= 4 is 48.4 Å². The molecule has 43 heavy (non-hydrogen) atoms. The summed E-state index contributed by atoms with van der Waals surface area (Å²) in [5.41, 5.74) is 8.14. The number of rotatable bonds is 4. The Morgan fingerprint density at radius 2 is 1.86 bits per heavy atom. The molecule has 3 aromatic rings. The number of benzene rings is 2. The van der Waals surface area contributed by atoms with Gasteiger partial charge in [0.2, 0.25) is 17.7 Å². The molecule has 232 valence electrons. The average Bonchev–Trinajstić information content (AvgIpc) is 3.47. The second-order valence-corrected chi connectivity index (χ2v) is 10.0. The van der Waals surface area contributed by atoms with Crippen LogP contribution in [-0.2, 0) is 27.2 Å². The van der Waals surface area contributed by atoms with Gasteiger partial charge in [-0.3, -0.25) is 19.2 Å². The van der Waals surface area contributed by atoms with Crippen molar-refractivity contribution in [3.8, 4) is 0 Å². The summed E-state index contributed by atoms with van der Waals surface area (Å²) < 4.78 is 14.5. The minimum atomic E-state index is -1.03. The van der Waals surface area contributed by atoms with Crippen molar-refractivity contribution in [3.63, 3.8) is 0 Å². The third-order valence-corrected chi connectivity index (χ3v) is 6.86. The Hall–Kier alpha value is -4.00. The smallest absolute Gasteiger partial charge is 0.254 e. The van der Waals surface area contributed by atoms with E-state index in [1.54, 1.807) is 36.5 Å². The van der Waals surface area contributed by atoms with E-state index in [1.165, 1.54) is 30.3 Å². The number of fused-ring (bicyclic) bond motifs is 2. The Balaban J connectivity index is 0.00000323. The number of H-pyrrole nitrogens is 1. The van der Waals surface area contributed by atoms with Crippen molar-refractivity contribution in [3.05, 3.63) is 89.3 Å². The number of amides is 4. The summed E-state index contributed by atoms with van der Waals surface area (Å²) in [7, 11) is 0. The number of aromatic amines is 1. The molecule has 0 radical (unpaired) electrons. The van der Waals surface area contributed by atoms with Gasteiger partial charge in [-0.1, -0.05) is 36.4 Å². The molecule has 0 spiro atoms. The Morgan fingerprint density at radius 1 is 1.12 bits per heavy atom. The highest BCUT2D eigenvalue weighted by Gasteiger charge is 2.29. The summed E-state index contributed by atoms with van der Waals surface area (Å²) >= 11 is 0. The van der Waals surface area contributed by atoms with Crippen LogP contribution in [-0.4, -0.2) is 70.2 Å². The van der Waals surface area contributed by atoms with Crippen LogP contribution in [0.1, 0.15) is 46.6 Å². The molecule has 11 nitrogen and oxygen atoms in total. The van der Waals surface area contributed by atoms with Gasteiger partial charge in [-0.05, 0) is 43.0 Å². The lowest BCUT2D eigenvalue weighted by Crippen LogP contribution is -2.53. The van der Waals surface area contributed by atoms with Crippen LogP contribution in [0.15, 0.2) is 61.1 Å². The van der Waals surface area contributed by atoms with Gasteiger partial charge >= 0.3 is 0 Å². The number of carbonyl (C=O) groups excluding carboxylic acids is 4. The van der Waals surface area contributed by atoms with Gasteiger partial charge in [0.1, 0.15) is 11.9 Å². The molecule has 4 rings (SSSR count). The summed E-state index contributed by atoms with van der Waals surface area (Å²) in [5.74, 6) is -2.84. The number of aryl methyl sites for hydroxylation is 1. The molecular weight excluding hydrogens is 600 g/mol. The fourth-order valence-corrected chi connectivity index (χ4v) is 4.62. The van der Waals surface area contributed by atoms with Gasteiger partial charge in [0.25, 0.3) is 5.91 Å². The van der Waals surface area contributed by atoms with Crippen molar-refractivity contribution in [2.75, 3.05) is 19.6 Å². The largest absolute Gasteiger partial charge is 0.355 e. The lowest BCUT2D eigenvalue weighted by atomic mass is 10.0. The van der Waals surface area contributed by atoms with Crippen molar-refractivity contribution in [1.29, 1.82) is 0 Å². The number of aromatic nitrogens is 2. The Bertz CT molecular complexity index is 1380. The number of imidazole rings is 1. The third kappa shape index (κ3) is 9.77. The predicted molar refractivity (Wildman–Crippen MR) is 163 cm³/mol. The molecule has 6 N–H and O–H groups in total. The molecule has 2 bridgehead atoms. The van der Waals surface area contributed by atoms with Crippen molar-refractivity contribution in [1.82, 2.24) is 30.8 Å². The van der Waals surface area contributed by atoms with E-state index in [1.807, 2.05) is 6.07 Å². The van der Waals surface area contributed by atoms with Crippen LogP contribution in [0.4, 0.5) is 4.39 Å². The number of nitrogens with zero attached hydrogens (tertiary/aromatic N) is 2. The van der Waals surface area contributed by atoms with E-state index in [0.717, 1.165) is 0 Å². The Morgan fingerprint density at radius 3 is 2.56 bits per heavy atom. The summed E-state index contributed by atoms with van der Waals surface area (Å²) in [6.07, 6.45) is 4.23. The molecule has 0 saturated carbocycles. The van der Waals surface area contributed by atoms with E-state index < -0.39 is 41.7 Å². The third-order valence-electron chi connectivity index (χ3n) is 6.86. The molecule has 1 aromatic heterocycles. The first-order chi connectivity index (χ1) is 19.7. The molecule has 14 heteroatoms. The van der Waals surface area contributed by atoms with E-state index in [4.69, 9.17) is 5.73 Å². The summed E-state index contributed by atoms with van der Waals surface area (Å²) in [5, 5.41) is 8.25. The van der Waals surface area contributed by atoms with Crippen LogP contribution in [0.3, 0.4) is 0 Å². The van der Waals surface area contributed by atoms with Gasteiger partial charge in [-0.2, -0.15) is 0 Å². The SMILES string of the molecule is C[C@H]1NC(=O)c2cc(ccc2F)CCCNC(=O)CN(C(=O)[C@@H](N)Cc2cnc[nH]2)C[C@H](c2ccccc2)NC1=O.Cl.Cl. The average molecular weight is 637 g/mol. The highest BCUT2D eigenvalue weighted by Crippen LogP contribution is 2.17. The van der Waals surface area contributed by atoms with Gasteiger partial charge in [0.05, 0.1) is 30.5 Å². The Labute approximate surface area is 261 Å². The van der Waals surface area contributed by atoms with Crippen LogP contribution in [0.25, 0.3) is 0 Å². The maximum absolute atomic E-state index is 14.5. The topological polar surface area (TPSA) is 162 Å². The van der Waals surface area contributed by atoms with Gasteiger partial charge in [0.15, 0.2) is 0 Å².